The maximum absolute atomic E-state index is 13.1. The largest absolute Gasteiger partial charge is 0.304 e. The van der Waals surface area contributed by atoms with E-state index in [1.165, 1.54) is 6.07 Å². The summed E-state index contributed by atoms with van der Waals surface area (Å²) < 4.78 is 61.0. The average molecular weight is 279 g/mol. The van der Waals surface area contributed by atoms with Crippen molar-refractivity contribution in [3.05, 3.63) is 29.6 Å². The minimum Gasteiger partial charge on any atom is -0.304 e. The summed E-state index contributed by atoms with van der Waals surface area (Å²) in [4.78, 5) is 0.0296. The summed E-state index contributed by atoms with van der Waals surface area (Å²) in [5.74, 6) is -0.693. The fourth-order valence-corrected chi connectivity index (χ4v) is 3.66. The Hall–Kier alpha value is -1.08. The van der Waals surface area contributed by atoms with Gasteiger partial charge in [0.1, 0.15) is 5.82 Å². The number of nitrogens with one attached hydrogen (secondary N) is 1. The van der Waals surface area contributed by atoms with Gasteiger partial charge in [-0.25, -0.2) is 21.6 Å². The summed E-state index contributed by atoms with van der Waals surface area (Å²) in [6.45, 7) is -0.541. The molecular weight excluding hydrogens is 267 g/mol. The van der Waals surface area contributed by atoms with Crippen molar-refractivity contribution in [2.75, 3.05) is 12.3 Å². The third-order valence-electron chi connectivity index (χ3n) is 2.88. The minimum atomic E-state index is -3.42. The SMILES string of the molecule is O=S1(=O)CCC(NCC(F)F)c2cc(F)ccc21. The molecule has 0 spiro atoms. The zero-order valence-electron chi connectivity index (χ0n) is 9.37. The van der Waals surface area contributed by atoms with Gasteiger partial charge in [0.2, 0.25) is 0 Å². The fraction of sp³-hybridized carbons (Fsp3) is 0.455. The van der Waals surface area contributed by atoms with Crippen LogP contribution in [0.2, 0.25) is 0 Å². The average Bonchev–Trinajstić information content (AvgIpc) is 2.27. The van der Waals surface area contributed by atoms with Crippen molar-refractivity contribution in [1.82, 2.24) is 5.32 Å². The molecule has 1 atom stereocenters. The first kappa shape index (κ1) is 13.4. The van der Waals surface area contributed by atoms with Crippen LogP contribution in [0, 0.1) is 5.82 Å². The Bertz CT molecular complexity index is 545. The first-order valence-electron chi connectivity index (χ1n) is 5.44. The molecule has 18 heavy (non-hydrogen) atoms. The standard InChI is InChI=1S/C11H12F3NO2S/c12-7-1-2-10-8(5-7)9(15-6-11(13)14)3-4-18(10,16)17/h1-2,5,9,11,15H,3-4,6H2. The van der Waals surface area contributed by atoms with Crippen LogP contribution in [0.5, 0.6) is 0 Å². The van der Waals surface area contributed by atoms with Gasteiger partial charge in [-0.3, -0.25) is 0 Å². The minimum absolute atomic E-state index is 0.0296. The number of hydrogen-bond acceptors (Lipinski definition) is 3. The van der Waals surface area contributed by atoms with Crippen molar-refractivity contribution >= 4 is 9.84 Å². The monoisotopic (exact) mass is 279 g/mol. The second-order valence-corrected chi connectivity index (χ2v) is 6.22. The van der Waals surface area contributed by atoms with Crippen LogP contribution < -0.4 is 5.32 Å². The lowest BCUT2D eigenvalue weighted by Crippen LogP contribution is -2.32. The molecular formula is C11H12F3NO2S. The summed E-state index contributed by atoms with van der Waals surface area (Å²) >= 11 is 0. The number of alkyl halides is 2. The molecule has 2 rings (SSSR count). The normalized spacial score (nSPS) is 21.9. The number of rotatable bonds is 3. The number of hydrogen-bond donors (Lipinski definition) is 1. The molecule has 0 bridgehead atoms. The molecule has 3 nitrogen and oxygen atoms in total. The summed E-state index contributed by atoms with van der Waals surface area (Å²) in [6.07, 6.45) is -2.36. The fourth-order valence-electron chi connectivity index (χ4n) is 2.06. The van der Waals surface area contributed by atoms with E-state index in [1.807, 2.05) is 0 Å². The second-order valence-electron chi connectivity index (χ2n) is 4.14. The van der Waals surface area contributed by atoms with E-state index in [1.54, 1.807) is 0 Å². The van der Waals surface area contributed by atoms with E-state index in [0.29, 0.717) is 0 Å². The number of sulfone groups is 1. The van der Waals surface area contributed by atoms with E-state index in [9.17, 15) is 21.6 Å². The van der Waals surface area contributed by atoms with Gasteiger partial charge >= 0.3 is 0 Å². The maximum Gasteiger partial charge on any atom is 0.250 e. The van der Waals surface area contributed by atoms with Crippen LogP contribution in [-0.2, 0) is 9.84 Å². The molecule has 1 aliphatic rings. The Labute approximate surface area is 103 Å². The zero-order chi connectivity index (χ0) is 13.3. The van der Waals surface area contributed by atoms with E-state index < -0.39 is 34.7 Å². The van der Waals surface area contributed by atoms with E-state index in [0.717, 1.165) is 12.1 Å². The molecule has 0 aromatic heterocycles. The number of benzene rings is 1. The third kappa shape index (κ3) is 2.67. The van der Waals surface area contributed by atoms with Crippen LogP contribution in [-0.4, -0.2) is 27.1 Å². The van der Waals surface area contributed by atoms with E-state index in [-0.39, 0.29) is 22.6 Å². The molecule has 0 saturated carbocycles. The van der Waals surface area contributed by atoms with Crippen molar-refractivity contribution in [3.8, 4) is 0 Å². The highest BCUT2D eigenvalue weighted by Crippen LogP contribution is 2.32. The van der Waals surface area contributed by atoms with Crippen LogP contribution in [0.1, 0.15) is 18.0 Å². The van der Waals surface area contributed by atoms with Crippen LogP contribution in [0.25, 0.3) is 0 Å². The predicted octanol–water partition coefficient (Wildman–Crippen LogP) is 1.90. The predicted molar refractivity (Wildman–Crippen MR) is 59.8 cm³/mol. The Morgan fingerprint density at radius 3 is 2.78 bits per heavy atom. The van der Waals surface area contributed by atoms with Gasteiger partial charge in [0.25, 0.3) is 6.43 Å². The topological polar surface area (TPSA) is 46.2 Å². The zero-order valence-corrected chi connectivity index (χ0v) is 10.2. The van der Waals surface area contributed by atoms with Crippen molar-refractivity contribution < 1.29 is 21.6 Å². The first-order valence-corrected chi connectivity index (χ1v) is 7.09. The number of fused-ring (bicyclic) bond motifs is 1. The Balaban J connectivity index is 2.35. The molecule has 1 aromatic carbocycles. The van der Waals surface area contributed by atoms with Crippen LogP contribution in [0.3, 0.4) is 0 Å². The van der Waals surface area contributed by atoms with Gasteiger partial charge in [-0.05, 0) is 30.2 Å². The Morgan fingerprint density at radius 1 is 1.39 bits per heavy atom. The van der Waals surface area contributed by atoms with E-state index in [4.69, 9.17) is 0 Å². The highest BCUT2D eigenvalue weighted by molar-refractivity contribution is 7.91. The smallest absolute Gasteiger partial charge is 0.250 e. The summed E-state index contributed by atoms with van der Waals surface area (Å²) in [7, 11) is -3.42. The summed E-state index contributed by atoms with van der Waals surface area (Å²) in [5.41, 5.74) is 0.238. The van der Waals surface area contributed by atoms with Crippen molar-refractivity contribution in [3.63, 3.8) is 0 Å². The Kier molecular flexibility index (Phi) is 3.63. The molecule has 0 saturated heterocycles. The third-order valence-corrected chi connectivity index (χ3v) is 4.69. The summed E-state index contributed by atoms with van der Waals surface area (Å²) in [5, 5.41) is 2.56. The molecule has 1 N–H and O–H groups in total. The van der Waals surface area contributed by atoms with Gasteiger partial charge in [-0.1, -0.05) is 0 Å². The van der Waals surface area contributed by atoms with Gasteiger partial charge in [0.15, 0.2) is 9.84 Å². The molecule has 1 aromatic rings. The van der Waals surface area contributed by atoms with Crippen LogP contribution in [0.4, 0.5) is 13.2 Å². The molecule has 0 radical (unpaired) electrons. The quantitative estimate of drug-likeness (QED) is 0.860. The number of halogens is 3. The lowest BCUT2D eigenvalue weighted by atomic mass is 10.0. The molecule has 7 heteroatoms. The molecule has 1 unspecified atom stereocenters. The highest BCUT2D eigenvalue weighted by atomic mass is 32.2. The van der Waals surface area contributed by atoms with E-state index in [2.05, 4.69) is 5.32 Å². The van der Waals surface area contributed by atoms with Crippen molar-refractivity contribution in [1.29, 1.82) is 0 Å². The van der Waals surface area contributed by atoms with Crippen molar-refractivity contribution in [2.24, 2.45) is 0 Å². The lowest BCUT2D eigenvalue weighted by molar-refractivity contribution is 0.140. The van der Waals surface area contributed by atoms with Gasteiger partial charge in [-0.15, -0.1) is 0 Å². The summed E-state index contributed by atoms with van der Waals surface area (Å²) in [6, 6.07) is 2.80. The van der Waals surface area contributed by atoms with E-state index >= 15 is 0 Å². The molecule has 0 aliphatic carbocycles. The van der Waals surface area contributed by atoms with Gasteiger partial charge in [-0.2, -0.15) is 0 Å². The van der Waals surface area contributed by atoms with Crippen LogP contribution >= 0.6 is 0 Å². The molecule has 0 amide bonds. The van der Waals surface area contributed by atoms with Gasteiger partial charge < -0.3 is 5.32 Å². The maximum atomic E-state index is 13.1. The second kappa shape index (κ2) is 4.89. The first-order chi connectivity index (χ1) is 8.40. The molecule has 100 valence electrons. The Morgan fingerprint density at radius 2 is 2.11 bits per heavy atom. The van der Waals surface area contributed by atoms with Crippen LogP contribution in [0.15, 0.2) is 23.1 Å². The molecule has 1 heterocycles. The molecule has 0 fully saturated rings. The molecule has 1 aliphatic heterocycles. The lowest BCUT2D eigenvalue weighted by Gasteiger charge is -2.26. The van der Waals surface area contributed by atoms with Gasteiger partial charge in [0.05, 0.1) is 17.2 Å². The van der Waals surface area contributed by atoms with Crippen molar-refractivity contribution in [2.45, 2.75) is 23.8 Å². The van der Waals surface area contributed by atoms with Gasteiger partial charge in [0, 0.05) is 6.04 Å². The highest BCUT2D eigenvalue weighted by Gasteiger charge is 2.30.